The molecule has 0 aliphatic heterocycles. The van der Waals surface area contributed by atoms with Crippen molar-refractivity contribution in [1.82, 2.24) is 9.97 Å². The fourth-order valence-electron chi connectivity index (χ4n) is 1.71. The molecule has 0 radical (unpaired) electrons. The molecule has 0 amide bonds. The number of hydrogen-bond acceptors (Lipinski definition) is 5. The van der Waals surface area contributed by atoms with Gasteiger partial charge in [0.2, 0.25) is 11.8 Å². The maximum atomic E-state index is 5.82. The van der Waals surface area contributed by atoms with E-state index in [1.54, 1.807) is 0 Å². The van der Waals surface area contributed by atoms with Crippen LogP contribution in [0.1, 0.15) is 5.56 Å². The monoisotopic (exact) mass is 335 g/mol. The van der Waals surface area contributed by atoms with Gasteiger partial charge in [-0.2, -0.15) is 4.98 Å². The number of nitrogens with zero attached hydrogens (tertiary/aromatic N) is 2. The highest BCUT2D eigenvalue weighted by Crippen LogP contribution is 2.32. The molecule has 4 nitrogen and oxygen atoms in total. The molecule has 0 fully saturated rings. The molecule has 2 N–H and O–H groups in total. The van der Waals surface area contributed by atoms with E-state index < -0.39 is 0 Å². The van der Waals surface area contributed by atoms with Crippen LogP contribution in [0.4, 0.5) is 5.95 Å². The molecule has 0 aliphatic carbocycles. The summed E-state index contributed by atoms with van der Waals surface area (Å²) < 4.78 is 6.87. The van der Waals surface area contributed by atoms with Crippen molar-refractivity contribution < 1.29 is 4.74 Å². The van der Waals surface area contributed by atoms with Gasteiger partial charge >= 0.3 is 0 Å². The van der Waals surface area contributed by atoms with Crippen LogP contribution in [0.25, 0.3) is 10.2 Å². The van der Waals surface area contributed by atoms with Crippen LogP contribution in [0, 0.1) is 6.92 Å². The number of hydrogen-bond donors (Lipinski definition) is 1. The Hall–Kier alpha value is -1.66. The van der Waals surface area contributed by atoms with Crippen LogP contribution in [0.3, 0.4) is 0 Å². The number of halogens is 1. The number of nitrogen functional groups attached to an aromatic ring is 1. The van der Waals surface area contributed by atoms with Crippen molar-refractivity contribution >= 4 is 43.4 Å². The minimum absolute atomic E-state index is 0.221. The molecule has 2 heterocycles. The second-order valence-electron chi connectivity index (χ2n) is 4.04. The number of rotatable bonds is 2. The summed E-state index contributed by atoms with van der Waals surface area (Å²) in [6.07, 6.45) is 0. The van der Waals surface area contributed by atoms with Gasteiger partial charge in [-0.1, -0.05) is 15.9 Å². The largest absolute Gasteiger partial charge is 0.438 e. The van der Waals surface area contributed by atoms with Crippen LogP contribution < -0.4 is 10.5 Å². The molecule has 2 aromatic heterocycles. The standard InChI is InChI=1S/C13H10BrN3OS/c1-7-6-8(2-3-10(7)14)18-11-9-4-5-19-12(9)17-13(15)16-11/h2-6H,1H3,(H2,15,16,17). The summed E-state index contributed by atoms with van der Waals surface area (Å²) in [5.74, 6) is 1.44. The highest BCUT2D eigenvalue weighted by Gasteiger charge is 2.10. The van der Waals surface area contributed by atoms with E-state index in [4.69, 9.17) is 10.5 Å². The highest BCUT2D eigenvalue weighted by molar-refractivity contribution is 9.10. The number of thiophene rings is 1. The number of aromatic nitrogens is 2. The topological polar surface area (TPSA) is 61.0 Å². The lowest BCUT2D eigenvalue weighted by molar-refractivity contribution is 0.469. The molecule has 0 saturated heterocycles. The number of aryl methyl sites for hydroxylation is 1. The third kappa shape index (κ3) is 2.41. The third-order valence-electron chi connectivity index (χ3n) is 2.65. The van der Waals surface area contributed by atoms with Crippen molar-refractivity contribution in [2.45, 2.75) is 6.92 Å². The van der Waals surface area contributed by atoms with Crippen LogP contribution in [-0.2, 0) is 0 Å². The third-order valence-corrected chi connectivity index (χ3v) is 4.35. The Morgan fingerprint density at radius 2 is 2.11 bits per heavy atom. The molecule has 3 rings (SSSR count). The van der Waals surface area contributed by atoms with Gasteiger partial charge < -0.3 is 10.5 Å². The SMILES string of the molecule is Cc1cc(Oc2nc(N)nc3sccc23)ccc1Br. The van der Waals surface area contributed by atoms with Gasteiger partial charge in [0.1, 0.15) is 10.6 Å². The van der Waals surface area contributed by atoms with Crippen LogP contribution in [0.5, 0.6) is 11.6 Å². The van der Waals surface area contributed by atoms with E-state index in [0.29, 0.717) is 5.88 Å². The van der Waals surface area contributed by atoms with E-state index in [2.05, 4.69) is 25.9 Å². The number of ether oxygens (including phenoxy) is 1. The fourth-order valence-corrected chi connectivity index (χ4v) is 2.72. The van der Waals surface area contributed by atoms with Crippen molar-refractivity contribution in [3.05, 3.63) is 39.7 Å². The zero-order valence-corrected chi connectivity index (χ0v) is 12.5. The maximum absolute atomic E-state index is 5.82. The lowest BCUT2D eigenvalue weighted by Crippen LogP contribution is -1.97. The van der Waals surface area contributed by atoms with Gasteiger partial charge in [-0.15, -0.1) is 11.3 Å². The molecule has 1 aromatic carbocycles. The molecule has 0 saturated carbocycles. The lowest BCUT2D eigenvalue weighted by atomic mass is 10.2. The zero-order valence-electron chi connectivity index (χ0n) is 10.1. The average molecular weight is 336 g/mol. The van der Waals surface area contributed by atoms with Gasteiger partial charge in [-0.05, 0) is 42.1 Å². The molecule has 0 aliphatic rings. The Labute approximate surface area is 122 Å². The number of benzene rings is 1. The van der Waals surface area contributed by atoms with Gasteiger partial charge in [0.15, 0.2) is 0 Å². The summed E-state index contributed by atoms with van der Waals surface area (Å²) in [4.78, 5) is 9.16. The molecule has 0 atom stereocenters. The van der Waals surface area contributed by atoms with Gasteiger partial charge in [0.25, 0.3) is 0 Å². The fraction of sp³-hybridized carbons (Fsp3) is 0.0769. The maximum Gasteiger partial charge on any atom is 0.232 e. The van der Waals surface area contributed by atoms with Crippen molar-refractivity contribution in [2.75, 3.05) is 5.73 Å². The summed E-state index contributed by atoms with van der Waals surface area (Å²) in [5, 5.41) is 2.82. The highest BCUT2D eigenvalue weighted by atomic mass is 79.9. The smallest absolute Gasteiger partial charge is 0.232 e. The van der Waals surface area contributed by atoms with E-state index >= 15 is 0 Å². The zero-order chi connectivity index (χ0) is 13.4. The van der Waals surface area contributed by atoms with Crippen molar-refractivity contribution in [3.63, 3.8) is 0 Å². The second-order valence-corrected chi connectivity index (χ2v) is 5.79. The van der Waals surface area contributed by atoms with Crippen molar-refractivity contribution in [3.8, 4) is 11.6 Å². The number of nitrogens with two attached hydrogens (primary N) is 1. The quantitative estimate of drug-likeness (QED) is 0.764. The average Bonchev–Trinajstić information content (AvgIpc) is 2.82. The predicted molar refractivity (Wildman–Crippen MR) is 80.8 cm³/mol. The van der Waals surface area contributed by atoms with E-state index in [9.17, 15) is 0 Å². The molecule has 19 heavy (non-hydrogen) atoms. The van der Waals surface area contributed by atoms with E-state index in [1.807, 2.05) is 36.6 Å². The van der Waals surface area contributed by atoms with Crippen LogP contribution in [0.2, 0.25) is 0 Å². The Kier molecular flexibility index (Phi) is 3.12. The minimum Gasteiger partial charge on any atom is -0.438 e. The number of anilines is 1. The Morgan fingerprint density at radius 3 is 2.89 bits per heavy atom. The van der Waals surface area contributed by atoms with Gasteiger partial charge in [0.05, 0.1) is 5.39 Å². The molecule has 0 unspecified atom stereocenters. The summed E-state index contributed by atoms with van der Waals surface area (Å²) in [7, 11) is 0. The van der Waals surface area contributed by atoms with Crippen molar-refractivity contribution in [2.24, 2.45) is 0 Å². The van der Waals surface area contributed by atoms with Gasteiger partial charge in [-0.3, -0.25) is 0 Å². The molecular formula is C13H10BrN3OS. The first-order chi connectivity index (χ1) is 9.13. The molecule has 3 aromatic rings. The molecular weight excluding hydrogens is 326 g/mol. The minimum atomic E-state index is 0.221. The van der Waals surface area contributed by atoms with E-state index in [0.717, 1.165) is 26.0 Å². The predicted octanol–water partition coefficient (Wildman–Crippen LogP) is 4.14. The molecule has 6 heteroatoms. The first-order valence-corrected chi connectivity index (χ1v) is 7.25. The van der Waals surface area contributed by atoms with Crippen LogP contribution in [-0.4, -0.2) is 9.97 Å². The molecule has 0 bridgehead atoms. The van der Waals surface area contributed by atoms with Crippen LogP contribution in [0.15, 0.2) is 34.1 Å². The Balaban J connectivity index is 2.04. The molecule has 96 valence electrons. The van der Waals surface area contributed by atoms with Crippen LogP contribution >= 0.6 is 27.3 Å². The Bertz CT molecular complexity index is 757. The van der Waals surface area contributed by atoms with E-state index in [-0.39, 0.29) is 5.95 Å². The summed E-state index contributed by atoms with van der Waals surface area (Å²) >= 11 is 4.97. The second kappa shape index (κ2) is 4.79. The van der Waals surface area contributed by atoms with Gasteiger partial charge in [-0.25, -0.2) is 4.98 Å². The summed E-state index contributed by atoms with van der Waals surface area (Å²) in [6, 6.07) is 7.70. The normalized spacial score (nSPS) is 10.8. The molecule has 0 spiro atoms. The summed E-state index contributed by atoms with van der Waals surface area (Å²) in [5.41, 5.74) is 6.79. The first-order valence-electron chi connectivity index (χ1n) is 5.58. The Morgan fingerprint density at radius 1 is 1.26 bits per heavy atom. The number of fused-ring (bicyclic) bond motifs is 1. The summed E-state index contributed by atoms with van der Waals surface area (Å²) in [6.45, 7) is 2.01. The van der Waals surface area contributed by atoms with Crippen molar-refractivity contribution in [1.29, 1.82) is 0 Å². The lowest BCUT2D eigenvalue weighted by Gasteiger charge is -2.07. The van der Waals surface area contributed by atoms with Gasteiger partial charge in [0, 0.05) is 4.47 Å². The van der Waals surface area contributed by atoms with E-state index in [1.165, 1.54) is 11.3 Å². The first kappa shape index (κ1) is 12.4.